The second kappa shape index (κ2) is 5.93. The van der Waals surface area contributed by atoms with Crippen LogP contribution in [-0.2, 0) is 0 Å². The van der Waals surface area contributed by atoms with Crippen molar-refractivity contribution in [3.05, 3.63) is 23.6 Å². The molecule has 2 heteroatoms. The lowest BCUT2D eigenvalue weighted by molar-refractivity contribution is 0.887. The predicted octanol–water partition coefficient (Wildman–Crippen LogP) is 3.08. The molecule has 0 aliphatic carbocycles. The maximum absolute atomic E-state index is 4.26. The van der Waals surface area contributed by atoms with Gasteiger partial charge in [0.1, 0.15) is 0 Å². The Morgan fingerprint density at radius 2 is 2.30 bits per heavy atom. The molecule has 0 heterocycles. The molecular formula is C8H14S2. The lowest BCUT2D eigenvalue weighted by Crippen LogP contribution is -1.90. The Kier molecular flexibility index (Phi) is 6.03. The summed E-state index contributed by atoms with van der Waals surface area (Å²) in [5.41, 5.74) is 0. The molecule has 0 spiro atoms. The summed E-state index contributed by atoms with van der Waals surface area (Å²) in [7, 11) is 0. The van der Waals surface area contributed by atoms with Crippen LogP contribution < -0.4 is 0 Å². The first-order valence-corrected chi connectivity index (χ1v) is 4.29. The van der Waals surface area contributed by atoms with Crippen LogP contribution in [-0.4, -0.2) is 5.25 Å². The van der Waals surface area contributed by atoms with Gasteiger partial charge in [0.05, 0.1) is 0 Å². The molecule has 0 saturated heterocycles. The molecule has 0 saturated carbocycles. The molecule has 0 N–H and O–H groups in total. The Balaban J connectivity index is 3.36. The van der Waals surface area contributed by atoms with E-state index in [1.165, 1.54) is 0 Å². The maximum Gasteiger partial charge on any atom is 0.0197 e. The Morgan fingerprint density at radius 3 is 2.70 bits per heavy atom. The van der Waals surface area contributed by atoms with Crippen LogP contribution in [0.15, 0.2) is 23.6 Å². The molecule has 0 radical (unpaired) electrons. The van der Waals surface area contributed by atoms with Gasteiger partial charge in [-0.05, 0) is 24.7 Å². The van der Waals surface area contributed by atoms with Crippen LogP contribution in [0.3, 0.4) is 0 Å². The van der Waals surface area contributed by atoms with Gasteiger partial charge in [-0.2, -0.15) is 12.6 Å². The molecule has 1 atom stereocenters. The van der Waals surface area contributed by atoms with E-state index in [9.17, 15) is 0 Å². The summed E-state index contributed by atoms with van der Waals surface area (Å²) in [4.78, 5) is 1.07. The highest BCUT2D eigenvalue weighted by Gasteiger charge is 1.93. The molecule has 0 nitrogen and oxygen atoms in total. The SMILES string of the molecule is C=CC(S)CCC=C(C)S. The van der Waals surface area contributed by atoms with Crippen molar-refractivity contribution in [1.29, 1.82) is 0 Å². The molecule has 0 rings (SSSR count). The van der Waals surface area contributed by atoms with E-state index in [0.29, 0.717) is 5.25 Å². The van der Waals surface area contributed by atoms with Gasteiger partial charge in [0, 0.05) is 5.25 Å². The minimum absolute atomic E-state index is 0.323. The van der Waals surface area contributed by atoms with Crippen molar-refractivity contribution in [3.8, 4) is 0 Å². The summed E-state index contributed by atoms with van der Waals surface area (Å²) >= 11 is 8.40. The van der Waals surface area contributed by atoms with Gasteiger partial charge in [-0.15, -0.1) is 19.2 Å². The molecule has 0 bridgehead atoms. The zero-order valence-corrected chi connectivity index (χ0v) is 8.04. The summed E-state index contributed by atoms with van der Waals surface area (Å²) in [5.74, 6) is 0. The van der Waals surface area contributed by atoms with Crippen molar-refractivity contribution in [1.82, 2.24) is 0 Å². The maximum atomic E-state index is 4.26. The van der Waals surface area contributed by atoms with E-state index >= 15 is 0 Å². The summed E-state index contributed by atoms with van der Waals surface area (Å²) < 4.78 is 0. The third kappa shape index (κ3) is 6.30. The molecule has 0 aliphatic rings. The topological polar surface area (TPSA) is 0 Å². The number of thiol groups is 2. The van der Waals surface area contributed by atoms with Crippen molar-refractivity contribution in [2.45, 2.75) is 25.0 Å². The highest BCUT2D eigenvalue weighted by atomic mass is 32.1. The van der Waals surface area contributed by atoms with Crippen molar-refractivity contribution in [2.75, 3.05) is 0 Å². The fourth-order valence-corrected chi connectivity index (χ4v) is 0.859. The smallest absolute Gasteiger partial charge is 0.0197 e. The normalized spacial score (nSPS) is 14.9. The molecule has 58 valence electrons. The Bertz CT molecular complexity index is 123. The van der Waals surface area contributed by atoms with E-state index in [1.54, 1.807) is 0 Å². The van der Waals surface area contributed by atoms with E-state index in [1.807, 2.05) is 13.0 Å². The molecule has 1 unspecified atom stereocenters. The fourth-order valence-electron chi connectivity index (χ4n) is 0.581. The monoisotopic (exact) mass is 174 g/mol. The molecule has 0 aromatic carbocycles. The molecule has 10 heavy (non-hydrogen) atoms. The summed E-state index contributed by atoms with van der Waals surface area (Å²) in [5, 5.41) is 0.323. The first-order valence-electron chi connectivity index (χ1n) is 3.33. The summed E-state index contributed by atoms with van der Waals surface area (Å²) in [6.45, 7) is 5.62. The lowest BCUT2D eigenvalue weighted by atomic mass is 10.2. The second-order valence-corrected chi connectivity index (χ2v) is 3.59. The zero-order chi connectivity index (χ0) is 7.98. The fraction of sp³-hybridized carbons (Fsp3) is 0.500. The minimum atomic E-state index is 0.323. The highest BCUT2D eigenvalue weighted by Crippen LogP contribution is 2.08. The number of allylic oxidation sites excluding steroid dienone is 2. The van der Waals surface area contributed by atoms with Crippen molar-refractivity contribution in [2.24, 2.45) is 0 Å². The third-order valence-corrected chi connectivity index (χ3v) is 1.83. The van der Waals surface area contributed by atoms with Crippen molar-refractivity contribution < 1.29 is 0 Å². The van der Waals surface area contributed by atoms with Crippen LogP contribution in [0.25, 0.3) is 0 Å². The van der Waals surface area contributed by atoms with Crippen molar-refractivity contribution in [3.63, 3.8) is 0 Å². The van der Waals surface area contributed by atoms with E-state index in [4.69, 9.17) is 0 Å². The van der Waals surface area contributed by atoms with Gasteiger partial charge in [0.15, 0.2) is 0 Å². The second-order valence-electron chi connectivity index (χ2n) is 2.23. The molecule has 0 aliphatic heterocycles. The third-order valence-electron chi connectivity index (χ3n) is 1.17. The zero-order valence-electron chi connectivity index (χ0n) is 6.25. The summed E-state index contributed by atoms with van der Waals surface area (Å²) in [6, 6.07) is 0. The van der Waals surface area contributed by atoms with Crippen LogP contribution >= 0.6 is 25.3 Å². The Morgan fingerprint density at radius 1 is 1.70 bits per heavy atom. The molecular weight excluding hydrogens is 160 g/mol. The van der Waals surface area contributed by atoms with Gasteiger partial charge < -0.3 is 0 Å². The van der Waals surface area contributed by atoms with Gasteiger partial charge in [-0.25, -0.2) is 0 Å². The minimum Gasteiger partial charge on any atom is -0.172 e. The van der Waals surface area contributed by atoms with E-state index in [0.717, 1.165) is 17.7 Å². The Hall–Kier alpha value is 0.180. The largest absolute Gasteiger partial charge is 0.172 e. The van der Waals surface area contributed by atoms with Gasteiger partial charge in [0.2, 0.25) is 0 Å². The van der Waals surface area contributed by atoms with Gasteiger partial charge in [-0.1, -0.05) is 12.2 Å². The first kappa shape index (κ1) is 10.2. The molecule has 0 aromatic heterocycles. The van der Waals surface area contributed by atoms with Crippen molar-refractivity contribution >= 4 is 25.3 Å². The van der Waals surface area contributed by atoms with Crippen LogP contribution in [0.1, 0.15) is 19.8 Å². The summed E-state index contributed by atoms with van der Waals surface area (Å²) in [6.07, 6.45) is 6.03. The van der Waals surface area contributed by atoms with Gasteiger partial charge in [-0.3, -0.25) is 0 Å². The van der Waals surface area contributed by atoms with E-state index in [2.05, 4.69) is 37.9 Å². The predicted molar refractivity (Wildman–Crippen MR) is 54.9 cm³/mol. The van der Waals surface area contributed by atoms with Crippen LogP contribution in [0.2, 0.25) is 0 Å². The lowest BCUT2D eigenvalue weighted by Gasteiger charge is -2.00. The number of hydrogen-bond donors (Lipinski definition) is 2. The average molecular weight is 174 g/mol. The Labute approximate surface area is 74.2 Å². The van der Waals surface area contributed by atoms with Gasteiger partial charge >= 0.3 is 0 Å². The average Bonchev–Trinajstić information content (AvgIpc) is 1.87. The highest BCUT2D eigenvalue weighted by molar-refractivity contribution is 7.84. The standard InChI is InChI=1S/C8H14S2/c1-3-8(10)6-4-5-7(2)9/h3,5,8-10H,1,4,6H2,2H3. The van der Waals surface area contributed by atoms with E-state index in [-0.39, 0.29) is 0 Å². The first-order chi connectivity index (χ1) is 4.66. The van der Waals surface area contributed by atoms with Crippen LogP contribution in [0, 0.1) is 0 Å². The molecule has 0 fully saturated rings. The van der Waals surface area contributed by atoms with E-state index < -0.39 is 0 Å². The van der Waals surface area contributed by atoms with Crippen LogP contribution in [0.5, 0.6) is 0 Å². The molecule has 0 amide bonds. The number of rotatable bonds is 4. The van der Waals surface area contributed by atoms with Gasteiger partial charge in [0.25, 0.3) is 0 Å². The van der Waals surface area contributed by atoms with Crippen LogP contribution in [0.4, 0.5) is 0 Å². The molecule has 0 aromatic rings. The number of hydrogen-bond acceptors (Lipinski definition) is 2. The quantitative estimate of drug-likeness (QED) is 0.475.